The highest BCUT2D eigenvalue weighted by Gasteiger charge is 2.16. The van der Waals surface area contributed by atoms with E-state index in [9.17, 15) is 0 Å². The van der Waals surface area contributed by atoms with Crippen LogP contribution in [0.1, 0.15) is 17.2 Å². The molecule has 4 nitrogen and oxygen atoms in total. The number of fused-ring (bicyclic) bond motifs is 1. The second kappa shape index (κ2) is 4.07. The monoisotopic (exact) mass is 228 g/mol. The molecule has 86 valence electrons. The molecule has 1 unspecified atom stereocenters. The molecule has 1 aromatic heterocycles. The van der Waals surface area contributed by atoms with Crippen LogP contribution in [-0.2, 0) is 0 Å². The van der Waals surface area contributed by atoms with Crippen LogP contribution in [-0.4, -0.2) is 11.8 Å². The van der Waals surface area contributed by atoms with E-state index in [1.54, 1.807) is 12.4 Å². The van der Waals surface area contributed by atoms with Crippen molar-refractivity contribution in [3.63, 3.8) is 0 Å². The molecule has 0 aliphatic carbocycles. The number of pyridine rings is 1. The van der Waals surface area contributed by atoms with Gasteiger partial charge in [0, 0.05) is 12.4 Å². The van der Waals surface area contributed by atoms with Gasteiger partial charge in [0.2, 0.25) is 6.79 Å². The molecule has 2 heterocycles. The van der Waals surface area contributed by atoms with Gasteiger partial charge in [0.05, 0.1) is 6.04 Å². The lowest BCUT2D eigenvalue weighted by atomic mass is 10.0. The number of aromatic nitrogens is 1. The smallest absolute Gasteiger partial charge is 0.231 e. The summed E-state index contributed by atoms with van der Waals surface area (Å²) >= 11 is 0. The normalized spacial score (nSPS) is 14.6. The van der Waals surface area contributed by atoms with Gasteiger partial charge in [-0.2, -0.15) is 0 Å². The largest absolute Gasteiger partial charge is 0.454 e. The topological polar surface area (TPSA) is 57.4 Å². The highest BCUT2D eigenvalue weighted by molar-refractivity contribution is 5.46. The minimum absolute atomic E-state index is 0.174. The van der Waals surface area contributed by atoms with Crippen LogP contribution in [0.15, 0.2) is 42.7 Å². The van der Waals surface area contributed by atoms with Gasteiger partial charge in [-0.3, -0.25) is 4.98 Å². The molecule has 4 heteroatoms. The fraction of sp³-hybridized carbons (Fsp3) is 0.154. The van der Waals surface area contributed by atoms with Crippen LogP contribution in [0.5, 0.6) is 11.5 Å². The van der Waals surface area contributed by atoms with Crippen molar-refractivity contribution < 1.29 is 9.47 Å². The zero-order chi connectivity index (χ0) is 11.7. The number of ether oxygens (including phenoxy) is 2. The van der Waals surface area contributed by atoms with E-state index in [0.29, 0.717) is 0 Å². The summed E-state index contributed by atoms with van der Waals surface area (Å²) in [6, 6.07) is 9.42. The predicted octanol–water partition coefficient (Wildman–Crippen LogP) is 1.86. The fourth-order valence-electron chi connectivity index (χ4n) is 1.87. The Bertz CT molecular complexity index is 528. The lowest BCUT2D eigenvalue weighted by Gasteiger charge is -2.12. The van der Waals surface area contributed by atoms with Crippen molar-refractivity contribution in [3.8, 4) is 11.5 Å². The summed E-state index contributed by atoms with van der Waals surface area (Å²) in [5.41, 5.74) is 8.21. The molecule has 2 aromatic rings. The van der Waals surface area contributed by atoms with Crippen LogP contribution < -0.4 is 15.2 Å². The number of hydrogen-bond acceptors (Lipinski definition) is 4. The zero-order valence-corrected chi connectivity index (χ0v) is 9.17. The van der Waals surface area contributed by atoms with E-state index in [1.165, 1.54) is 0 Å². The number of benzene rings is 1. The molecular weight excluding hydrogens is 216 g/mol. The lowest BCUT2D eigenvalue weighted by molar-refractivity contribution is 0.174. The molecule has 0 bridgehead atoms. The average Bonchev–Trinajstić information content (AvgIpc) is 2.86. The van der Waals surface area contributed by atoms with Gasteiger partial charge in [-0.05, 0) is 35.4 Å². The number of hydrogen-bond donors (Lipinski definition) is 1. The predicted molar refractivity (Wildman–Crippen MR) is 62.8 cm³/mol. The van der Waals surface area contributed by atoms with Crippen molar-refractivity contribution >= 4 is 0 Å². The minimum atomic E-state index is -0.174. The number of nitrogens with zero attached hydrogens (tertiary/aromatic N) is 1. The summed E-state index contributed by atoms with van der Waals surface area (Å²) < 4.78 is 10.6. The van der Waals surface area contributed by atoms with Crippen LogP contribution in [0.25, 0.3) is 0 Å². The second-order valence-corrected chi connectivity index (χ2v) is 3.87. The maximum absolute atomic E-state index is 6.19. The Morgan fingerprint density at radius 2 is 1.76 bits per heavy atom. The Labute approximate surface area is 99.0 Å². The fourth-order valence-corrected chi connectivity index (χ4v) is 1.87. The van der Waals surface area contributed by atoms with Crippen molar-refractivity contribution in [2.45, 2.75) is 6.04 Å². The average molecular weight is 228 g/mol. The van der Waals surface area contributed by atoms with E-state index in [-0.39, 0.29) is 12.8 Å². The first-order chi connectivity index (χ1) is 8.34. The summed E-state index contributed by atoms with van der Waals surface area (Å²) in [4.78, 5) is 3.98. The Morgan fingerprint density at radius 3 is 2.59 bits per heavy atom. The van der Waals surface area contributed by atoms with Gasteiger partial charge >= 0.3 is 0 Å². The molecule has 17 heavy (non-hydrogen) atoms. The van der Waals surface area contributed by atoms with Crippen molar-refractivity contribution in [2.75, 3.05) is 6.79 Å². The molecule has 0 amide bonds. The lowest BCUT2D eigenvalue weighted by Crippen LogP contribution is -2.11. The van der Waals surface area contributed by atoms with E-state index in [2.05, 4.69) is 4.98 Å². The van der Waals surface area contributed by atoms with Crippen LogP contribution in [0, 0.1) is 0 Å². The maximum atomic E-state index is 6.19. The summed E-state index contributed by atoms with van der Waals surface area (Å²) in [5, 5.41) is 0. The number of rotatable bonds is 2. The second-order valence-electron chi connectivity index (χ2n) is 3.87. The molecule has 0 spiro atoms. The highest BCUT2D eigenvalue weighted by atomic mass is 16.7. The summed E-state index contributed by atoms with van der Waals surface area (Å²) in [6.45, 7) is 0.281. The van der Waals surface area contributed by atoms with Gasteiger partial charge in [0.25, 0.3) is 0 Å². The highest BCUT2D eigenvalue weighted by Crippen LogP contribution is 2.34. The first kappa shape index (κ1) is 10.1. The van der Waals surface area contributed by atoms with Crippen molar-refractivity contribution in [3.05, 3.63) is 53.9 Å². The molecular formula is C13H12N2O2. The van der Waals surface area contributed by atoms with E-state index < -0.39 is 0 Å². The van der Waals surface area contributed by atoms with Gasteiger partial charge in [0.15, 0.2) is 11.5 Å². The molecule has 3 rings (SSSR count). The van der Waals surface area contributed by atoms with E-state index >= 15 is 0 Å². The van der Waals surface area contributed by atoms with Crippen molar-refractivity contribution in [2.24, 2.45) is 5.73 Å². The Kier molecular flexibility index (Phi) is 2.42. The quantitative estimate of drug-likeness (QED) is 0.852. The summed E-state index contributed by atoms with van der Waals surface area (Å²) in [6.07, 6.45) is 3.48. The third-order valence-electron chi connectivity index (χ3n) is 2.82. The third kappa shape index (κ3) is 1.83. The first-order valence-electron chi connectivity index (χ1n) is 5.39. The number of nitrogens with two attached hydrogens (primary N) is 1. The minimum Gasteiger partial charge on any atom is -0.454 e. The van der Waals surface area contributed by atoms with Gasteiger partial charge in [-0.1, -0.05) is 6.07 Å². The van der Waals surface area contributed by atoms with Gasteiger partial charge < -0.3 is 15.2 Å². The molecule has 1 atom stereocenters. The van der Waals surface area contributed by atoms with Gasteiger partial charge in [-0.15, -0.1) is 0 Å². The molecule has 1 aromatic carbocycles. The molecule has 1 aliphatic rings. The van der Waals surface area contributed by atoms with Gasteiger partial charge in [-0.25, -0.2) is 0 Å². The van der Waals surface area contributed by atoms with Crippen LogP contribution in [0.3, 0.4) is 0 Å². The van der Waals surface area contributed by atoms with Crippen LogP contribution in [0.2, 0.25) is 0 Å². The zero-order valence-electron chi connectivity index (χ0n) is 9.17. The van der Waals surface area contributed by atoms with Gasteiger partial charge in [0.1, 0.15) is 0 Å². The maximum Gasteiger partial charge on any atom is 0.231 e. The van der Waals surface area contributed by atoms with Crippen LogP contribution in [0.4, 0.5) is 0 Å². The molecule has 2 N–H and O–H groups in total. The molecule has 0 radical (unpaired) electrons. The Morgan fingerprint density at radius 1 is 1.00 bits per heavy atom. The van der Waals surface area contributed by atoms with E-state index in [0.717, 1.165) is 22.6 Å². The Hall–Kier alpha value is -2.07. The summed E-state index contributed by atoms with van der Waals surface area (Å²) in [7, 11) is 0. The SMILES string of the molecule is NC(c1ccncc1)c1ccc2c(c1)OCO2. The van der Waals surface area contributed by atoms with E-state index in [1.807, 2.05) is 30.3 Å². The molecule has 0 saturated heterocycles. The van der Waals surface area contributed by atoms with Crippen molar-refractivity contribution in [1.29, 1.82) is 0 Å². The summed E-state index contributed by atoms with van der Waals surface area (Å²) in [5.74, 6) is 1.53. The molecule has 1 aliphatic heterocycles. The van der Waals surface area contributed by atoms with Crippen molar-refractivity contribution in [1.82, 2.24) is 4.98 Å². The molecule has 0 saturated carbocycles. The van der Waals surface area contributed by atoms with E-state index in [4.69, 9.17) is 15.2 Å². The first-order valence-corrected chi connectivity index (χ1v) is 5.39. The Balaban J connectivity index is 1.94. The third-order valence-corrected chi connectivity index (χ3v) is 2.82. The van der Waals surface area contributed by atoms with Crippen LogP contribution >= 0.6 is 0 Å². The standard InChI is InChI=1S/C13H12N2O2/c14-13(9-3-5-15-6-4-9)10-1-2-11-12(7-10)17-8-16-11/h1-7,13H,8,14H2. The molecule has 0 fully saturated rings.